The van der Waals surface area contributed by atoms with Crippen molar-refractivity contribution in [2.75, 3.05) is 31.1 Å². The number of carboxylic acid groups (broad SMARTS) is 1. The Balaban J connectivity index is 1.41. The molecule has 1 unspecified atom stereocenters. The molecule has 30 heavy (non-hydrogen) atoms. The fraction of sp³-hybridized carbons (Fsp3) is 0.292. The average Bonchev–Trinajstić information content (AvgIpc) is 2.77. The van der Waals surface area contributed by atoms with Crippen LogP contribution in [0.15, 0.2) is 60.7 Å². The van der Waals surface area contributed by atoms with E-state index >= 15 is 0 Å². The van der Waals surface area contributed by atoms with Gasteiger partial charge in [0, 0.05) is 25.7 Å². The maximum Gasteiger partial charge on any atom is 0.335 e. The van der Waals surface area contributed by atoms with Gasteiger partial charge in [0.15, 0.2) is 0 Å². The lowest BCUT2D eigenvalue weighted by atomic mass is 9.99. The number of rotatable bonds is 6. The van der Waals surface area contributed by atoms with E-state index < -0.39 is 11.8 Å². The van der Waals surface area contributed by atoms with Gasteiger partial charge in [0.1, 0.15) is 5.82 Å². The quantitative estimate of drug-likeness (QED) is 0.639. The Morgan fingerprint density at radius 1 is 1.23 bits per heavy atom. The van der Waals surface area contributed by atoms with Gasteiger partial charge in [-0.25, -0.2) is 9.18 Å². The molecule has 156 valence electrons. The molecule has 0 bridgehead atoms. The highest BCUT2D eigenvalue weighted by atomic mass is 19.1. The summed E-state index contributed by atoms with van der Waals surface area (Å²) in [4.78, 5) is 12.9. The second-order valence-electron chi connectivity index (χ2n) is 7.61. The summed E-state index contributed by atoms with van der Waals surface area (Å²) in [6.45, 7) is 4.37. The molecule has 5 nitrogen and oxygen atoms in total. The van der Waals surface area contributed by atoms with E-state index in [0.717, 1.165) is 6.07 Å². The first-order valence-electron chi connectivity index (χ1n) is 10.1. The first kappa shape index (κ1) is 20.3. The summed E-state index contributed by atoms with van der Waals surface area (Å²) in [6, 6.07) is 18.8. The minimum absolute atomic E-state index is 0.0494. The molecule has 4 rings (SSSR count). The second-order valence-corrected chi connectivity index (χ2v) is 7.61. The molecule has 1 saturated heterocycles. The highest BCUT2D eigenvalue weighted by Gasteiger charge is 2.24. The third-order valence-corrected chi connectivity index (χ3v) is 5.62. The van der Waals surface area contributed by atoms with Crippen LogP contribution in [0.4, 0.5) is 10.1 Å². The van der Waals surface area contributed by atoms with Crippen LogP contribution in [-0.4, -0.2) is 43.4 Å². The van der Waals surface area contributed by atoms with Crippen LogP contribution in [0, 0.1) is 5.82 Å². The van der Waals surface area contributed by atoms with Crippen molar-refractivity contribution in [3.05, 3.63) is 77.6 Å². The number of carboxylic acids is 1. The van der Waals surface area contributed by atoms with E-state index in [0.29, 0.717) is 31.9 Å². The lowest BCUT2D eigenvalue weighted by molar-refractivity contribution is 0.0392. The molecule has 2 atom stereocenters. The largest absolute Gasteiger partial charge is 0.478 e. The van der Waals surface area contributed by atoms with Gasteiger partial charge in [-0.15, -0.1) is 0 Å². The molecule has 3 aromatic carbocycles. The van der Waals surface area contributed by atoms with E-state index in [2.05, 4.69) is 42.6 Å². The standard InChI is InChI=1S/C24H25FN2O3/c1-16(20-8-4-6-17-5-2-3-7-21(17)20)26-14-19-15-27(11-12-30-19)23-10-9-18(24(28)29)13-22(23)25/h2-10,13,16,19,26H,11-12,14-15H2,1H3,(H,28,29)/t16-,19?/m1/s1. The zero-order valence-electron chi connectivity index (χ0n) is 16.8. The summed E-state index contributed by atoms with van der Waals surface area (Å²) in [5.74, 6) is -1.65. The lowest BCUT2D eigenvalue weighted by Gasteiger charge is -2.35. The third-order valence-electron chi connectivity index (χ3n) is 5.62. The van der Waals surface area contributed by atoms with Gasteiger partial charge in [-0.3, -0.25) is 0 Å². The number of halogens is 1. The van der Waals surface area contributed by atoms with Crippen molar-refractivity contribution in [3.8, 4) is 0 Å². The fourth-order valence-corrected chi connectivity index (χ4v) is 4.00. The van der Waals surface area contributed by atoms with Gasteiger partial charge in [0.05, 0.1) is 24.0 Å². The predicted molar refractivity (Wildman–Crippen MR) is 116 cm³/mol. The van der Waals surface area contributed by atoms with E-state index in [4.69, 9.17) is 9.84 Å². The molecule has 1 aliphatic rings. The Bertz CT molecular complexity index is 1050. The number of benzene rings is 3. The van der Waals surface area contributed by atoms with Gasteiger partial charge in [-0.1, -0.05) is 42.5 Å². The van der Waals surface area contributed by atoms with Crippen molar-refractivity contribution in [1.29, 1.82) is 0 Å². The molecular weight excluding hydrogens is 383 g/mol. The summed E-state index contributed by atoms with van der Waals surface area (Å²) in [5, 5.41) is 15.0. The lowest BCUT2D eigenvalue weighted by Crippen LogP contribution is -2.47. The van der Waals surface area contributed by atoms with E-state index in [1.165, 1.54) is 28.5 Å². The van der Waals surface area contributed by atoms with Crippen molar-refractivity contribution >= 4 is 22.4 Å². The molecule has 6 heteroatoms. The van der Waals surface area contributed by atoms with Gasteiger partial charge < -0.3 is 20.1 Å². The Morgan fingerprint density at radius 2 is 2.03 bits per heavy atom. The molecule has 1 heterocycles. The van der Waals surface area contributed by atoms with Gasteiger partial charge in [0.2, 0.25) is 0 Å². The number of fused-ring (bicyclic) bond motifs is 1. The van der Waals surface area contributed by atoms with Gasteiger partial charge in [-0.2, -0.15) is 0 Å². The summed E-state index contributed by atoms with van der Waals surface area (Å²) >= 11 is 0. The summed E-state index contributed by atoms with van der Waals surface area (Å²) in [7, 11) is 0. The van der Waals surface area contributed by atoms with Crippen LogP contribution in [0.2, 0.25) is 0 Å². The highest BCUT2D eigenvalue weighted by Crippen LogP contribution is 2.25. The molecule has 1 aliphatic heterocycles. The number of hydrogen-bond donors (Lipinski definition) is 2. The predicted octanol–water partition coefficient (Wildman–Crippen LogP) is 4.23. The molecule has 1 fully saturated rings. The second kappa shape index (κ2) is 8.81. The van der Waals surface area contributed by atoms with Gasteiger partial charge >= 0.3 is 5.97 Å². The van der Waals surface area contributed by atoms with Crippen LogP contribution < -0.4 is 10.2 Å². The number of nitrogens with zero attached hydrogens (tertiary/aromatic N) is 1. The first-order valence-corrected chi connectivity index (χ1v) is 10.1. The van der Waals surface area contributed by atoms with E-state index in [-0.39, 0.29) is 17.7 Å². The maximum absolute atomic E-state index is 14.4. The summed E-state index contributed by atoms with van der Waals surface area (Å²) in [5.41, 5.74) is 1.60. The number of anilines is 1. The molecule has 0 radical (unpaired) electrons. The number of nitrogens with one attached hydrogen (secondary N) is 1. The van der Waals surface area contributed by atoms with Crippen LogP contribution in [-0.2, 0) is 4.74 Å². The molecule has 0 aromatic heterocycles. The number of hydrogen-bond acceptors (Lipinski definition) is 4. The number of ether oxygens (including phenoxy) is 1. The minimum Gasteiger partial charge on any atom is -0.478 e. The SMILES string of the molecule is C[C@@H](NCC1CN(c2ccc(C(=O)O)cc2F)CCO1)c1cccc2ccccc12. The summed E-state index contributed by atoms with van der Waals surface area (Å²) < 4.78 is 20.3. The van der Waals surface area contributed by atoms with Crippen molar-refractivity contribution in [2.24, 2.45) is 0 Å². The van der Waals surface area contributed by atoms with Crippen LogP contribution in [0.3, 0.4) is 0 Å². The zero-order valence-corrected chi connectivity index (χ0v) is 16.8. The van der Waals surface area contributed by atoms with Gasteiger partial charge in [0.25, 0.3) is 0 Å². The minimum atomic E-state index is -1.13. The first-order chi connectivity index (χ1) is 14.5. The molecule has 0 spiro atoms. The van der Waals surface area contributed by atoms with E-state index in [9.17, 15) is 9.18 Å². The van der Waals surface area contributed by atoms with Crippen molar-refractivity contribution in [1.82, 2.24) is 5.32 Å². The monoisotopic (exact) mass is 408 g/mol. The third kappa shape index (κ3) is 4.30. The highest BCUT2D eigenvalue weighted by molar-refractivity contribution is 5.88. The number of morpholine rings is 1. The van der Waals surface area contributed by atoms with E-state index in [1.807, 2.05) is 17.0 Å². The van der Waals surface area contributed by atoms with Crippen molar-refractivity contribution < 1.29 is 19.0 Å². The smallest absolute Gasteiger partial charge is 0.335 e. The van der Waals surface area contributed by atoms with Crippen LogP contribution >= 0.6 is 0 Å². The van der Waals surface area contributed by atoms with E-state index in [1.54, 1.807) is 0 Å². The number of carbonyl (C=O) groups is 1. The Morgan fingerprint density at radius 3 is 2.83 bits per heavy atom. The molecular formula is C24H25FN2O3. The fourth-order valence-electron chi connectivity index (χ4n) is 4.00. The molecule has 2 N–H and O–H groups in total. The summed E-state index contributed by atoms with van der Waals surface area (Å²) in [6.07, 6.45) is -0.0882. The number of aromatic carboxylic acids is 1. The maximum atomic E-state index is 14.4. The van der Waals surface area contributed by atoms with Crippen LogP contribution in [0.25, 0.3) is 10.8 Å². The van der Waals surface area contributed by atoms with Crippen molar-refractivity contribution in [3.63, 3.8) is 0 Å². The van der Waals surface area contributed by atoms with Crippen LogP contribution in [0.5, 0.6) is 0 Å². The Labute approximate surface area is 175 Å². The normalized spacial score (nSPS) is 17.8. The Kier molecular flexibility index (Phi) is 5.97. The Hall–Kier alpha value is -2.96. The molecule has 0 amide bonds. The topological polar surface area (TPSA) is 61.8 Å². The van der Waals surface area contributed by atoms with Crippen molar-refractivity contribution in [2.45, 2.75) is 19.1 Å². The average molecular weight is 408 g/mol. The zero-order chi connectivity index (χ0) is 21.1. The molecule has 0 saturated carbocycles. The van der Waals surface area contributed by atoms with Gasteiger partial charge in [-0.05, 0) is 41.5 Å². The molecule has 0 aliphatic carbocycles. The van der Waals surface area contributed by atoms with Crippen LogP contribution in [0.1, 0.15) is 28.9 Å². The molecule has 3 aromatic rings.